The fourth-order valence-electron chi connectivity index (χ4n) is 0.621. The van der Waals surface area contributed by atoms with E-state index in [2.05, 4.69) is 12.2 Å². The van der Waals surface area contributed by atoms with Crippen LogP contribution in [-0.4, -0.2) is 4.32 Å². The highest BCUT2D eigenvalue weighted by Gasteiger charge is 2.01. The largest absolute Gasteiger partial charge is 0.206 e. The molecule has 0 saturated heterocycles. The number of rotatable bonds is 1. The first-order valence-electron chi connectivity index (χ1n) is 2.66. The quantitative estimate of drug-likeness (QED) is 0.466. The monoisotopic (exact) mass is 174 g/mol. The highest BCUT2D eigenvalue weighted by Crippen LogP contribution is 2.09. The van der Waals surface area contributed by atoms with Crippen LogP contribution in [0.4, 0.5) is 4.39 Å². The van der Waals surface area contributed by atoms with Gasteiger partial charge in [0.05, 0.1) is 0 Å². The van der Waals surface area contributed by atoms with E-state index in [0.29, 0.717) is 5.56 Å². The summed E-state index contributed by atoms with van der Waals surface area (Å²) in [5, 5.41) is 0. The molecular formula is C7H4ClFS. The molecule has 0 bridgehead atoms. The molecule has 0 radical (unpaired) electrons. The number of thiocarbonyl (C=S) groups is 1. The van der Waals surface area contributed by atoms with Crippen LogP contribution in [0.1, 0.15) is 5.56 Å². The standard InChI is InChI=1S/C7H4ClFS/c8-7(10)5-3-1-2-4-6(5)9/h1-4H. The molecule has 1 aromatic carbocycles. The van der Waals surface area contributed by atoms with Crippen LogP contribution in [0.5, 0.6) is 0 Å². The van der Waals surface area contributed by atoms with Gasteiger partial charge in [0.2, 0.25) is 0 Å². The smallest absolute Gasteiger partial charge is 0.132 e. The lowest BCUT2D eigenvalue weighted by atomic mass is 10.2. The van der Waals surface area contributed by atoms with Gasteiger partial charge in [-0.15, -0.1) is 0 Å². The molecule has 0 N–H and O–H groups in total. The van der Waals surface area contributed by atoms with Crippen molar-refractivity contribution in [2.24, 2.45) is 0 Å². The molecule has 0 amide bonds. The maximum Gasteiger partial charge on any atom is 0.132 e. The number of benzene rings is 1. The maximum atomic E-state index is 12.7. The highest BCUT2D eigenvalue weighted by molar-refractivity contribution is 7.83. The third-order valence-corrected chi connectivity index (χ3v) is 1.51. The molecule has 0 unspecified atom stereocenters. The molecule has 0 fully saturated rings. The van der Waals surface area contributed by atoms with Gasteiger partial charge in [0.25, 0.3) is 0 Å². The number of hydrogen-bond donors (Lipinski definition) is 0. The maximum absolute atomic E-state index is 12.7. The first-order valence-corrected chi connectivity index (χ1v) is 3.45. The summed E-state index contributed by atoms with van der Waals surface area (Å²) in [6.45, 7) is 0. The van der Waals surface area contributed by atoms with Crippen LogP contribution < -0.4 is 0 Å². The zero-order chi connectivity index (χ0) is 7.56. The summed E-state index contributed by atoms with van der Waals surface area (Å²) >= 11 is 9.97. The zero-order valence-electron chi connectivity index (χ0n) is 4.97. The van der Waals surface area contributed by atoms with Crippen molar-refractivity contribution in [3.8, 4) is 0 Å². The first kappa shape index (κ1) is 7.63. The van der Waals surface area contributed by atoms with Crippen LogP contribution in [0, 0.1) is 5.82 Å². The summed E-state index contributed by atoms with van der Waals surface area (Å²) in [5.74, 6) is -0.373. The average Bonchev–Trinajstić information content (AvgIpc) is 1.88. The van der Waals surface area contributed by atoms with Crippen molar-refractivity contribution in [3.63, 3.8) is 0 Å². The van der Waals surface area contributed by atoms with Crippen LogP contribution in [0.25, 0.3) is 0 Å². The van der Waals surface area contributed by atoms with E-state index in [1.807, 2.05) is 0 Å². The van der Waals surface area contributed by atoms with Gasteiger partial charge in [-0.05, 0) is 12.1 Å². The molecule has 0 aliphatic rings. The molecule has 0 nitrogen and oxygen atoms in total. The van der Waals surface area contributed by atoms with Crippen LogP contribution >= 0.6 is 23.8 Å². The van der Waals surface area contributed by atoms with Gasteiger partial charge in [0, 0.05) is 5.56 Å². The van der Waals surface area contributed by atoms with Gasteiger partial charge in [-0.1, -0.05) is 36.0 Å². The van der Waals surface area contributed by atoms with E-state index in [1.165, 1.54) is 6.07 Å². The molecule has 0 aromatic heterocycles. The second kappa shape index (κ2) is 3.08. The Kier molecular flexibility index (Phi) is 2.35. The predicted molar refractivity (Wildman–Crippen MR) is 44.0 cm³/mol. The third-order valence-electron chi connectivity index (χ3n) is 1.09. The minimum Gasteiger partial charge on any atom is -0.206 e. The Morgan fingerprint density at radius 2 is 2.00 bits per heavy atom. The summed E-state index contributed by atoms with van der Waals surface area (Å²) < 4.78 is 12.7. The van der Waals surface area contributed by atoms with Crippen LogP contribution in [0.3, 0.4) is 0 Å². The van der Waals surface area contributed by atoms with Gasteiger partial charge in [0.1, 0.15) is 10.1 Å². The fraction of sp³-hybridized carbons (Fsp3) is 0. The van der Waals surface area contributed by atoms with E-state index >= 15 is 0 Å². The second-order valence-corrected chi connectivity index (χ2v) is 2.76. The molecule has 1 rings (SSSR count). The molecular weight excluding hydrogens is 171 g/mol. The zero-order valence-corrected chi connectivity index (χ0v) is 6.55. The number of halogens is 2. The van der Waals surface area contributed by atoms with E-state index in [0.717, 1.165) is 0 Å². The molecule has 3 heteroatoms. The van der Waals surface area contributed by atoms with Crippen LogP contribution in [-0.2, 0) is 0 Å². The Labute approximate surface area is 68.6 Å². The Bertz CT molecular complexity index is 260. The van der Waals surface area contributed by atoms with E-state index in [-0.39, 0.29) is 10.1 Å². The molecule has 0 aliphatic carbocycles. The lowest BCUT2D eigenvalue weighted by Gasteiger charge is -1.95. The average molecular weight is 175 g/mol. The molecule has 0 aliphatic heterocycles. The topological polar surface area (TPSA) is 0 Å². The summed E-state index contributed by atoms with van der Waals surface area (Å²) in [6.07, 6.45) is 0. The molecule has 0 heterocycles. The van der Waals surface area contributed by atoms with Gasteiger partial charge < -0.3 is 0 Å². The Hall–Kier alpha value is -0.470. The Balaban J connectivity index is 3.15. The van der Waals surface area contributed by atoms with Gasteiger partial charge in [0.15, 0.2) is 0 Å². The molecule has 0 saturated carbocycles. The van der Waals surface area contributed by atoms with Gasteiger partial charge in [-0.3, -0.25) is 0 Å². The third kappa shape index (κ3) is 1.52. The predicted octanol–water partition coefficient (Wildman–Crippen LogP) is 2.74. The van der Waals surface area contributed by atoms with Crippen LogP contribution in [0.2, 0.25) is 0 Å². The summed E-state index contributed by atoms with van der Waals surface area (Å²) in [6, 6.07) is 6.15. The van der Waals surface area contributed by atoms with Crippen molar-refractivity contribution in [2.45, 2.75) is 0 Å². The summed E-state index contributed by atoms with van der Waals surface area (Å²) in [5.41, 5.74) is 0.291. The highest BCUT2D eigenvalue weighted by atomic mass is 35.5. The van der Waals surface area contributed by atoms with Crippen molar-refractivity contribution < 1.29 is 4.39 Å². The lowest BCUT2D eigenvalue weighted by molar-refractivity contribution is 0.626. The van der Waals surface area contributed by atoms with Crippen molar-refractivity contribution in [1.29, 1.82) is 0 Å². The van der Waals surface area contributed by atoms with E-state index < -0.39 is 0 Å². The first-order chi connectivity index (χ1) is 4.72. The second-order valence-electron chi connectivity index (χ2n) is 1.75. The molecule has 0 atom stereocenters. The molecule has 0 spiro atoms. The van der Waals surface area contributed by atoms with Crippen molar-refractivity contribution in [1.82, 2.24) is 0 Å². The van der Waals surface area contributed by atoms with E-state index in [1.54, 1.807) is 18.2 Å². The van der Waals surface area contributed by atoms with E-state index in [9.17, 15) is 4.39 Å². The minimum absolute atomic E-state index is 0.0677. The van der Waals surface area contributed by atoms with Crippen molar-refractivity contribution in [2.75, 3.05) is 0 Å². The lowest BCUT2D eigenvalue weighted by Crippen LogP contribution is -1.90. The summed E-state index contributed by atoms with van der Waals surface area (Å²) in [7, 11) is 0. The Morgan fingerprint density at radius 1 is 1.40 bits per heavy atom. The molecule has 10 heavy (non-hydrogen) atoms. The van der Waals surface area contributed by atoms with E-state index in [4.69, 9.17) is 11.6 Å². The van der Waals surface area contributed by atoms with Gasteiger partial charge >= 0.3 is 0 Å². The minimum atomic E-state index is -0.373. The van der Waals surface area contributed by atoms with Crippen molar-refractivity contribution >= 4 is 28.1 Å². The van der Waals surface area contributed by atoms with Gasteiger partial charge in [-0.25, -0.2) is 4.39 Å². The normalized spacial score (nSPS) is 9.40. The summed E-state index contributed by atoms with van der Waals surface area (Å²) in [4.78, 5) is 0. The molecule has 52 valence electrons. The molecule has 1 aromatic rings. The van der Waals surface area contributed by atoms with Crippen molar-refractivity contribution in [3.05, 3.63) is 35.6 Å². The Morgan fingerprint density at radius 3 is 2.40 bits per heavy atom. The number of hydrogen-bond acceptors (Lipinski definition) is 1. The fourth-order valence-corrected chi connectivity index (χ4v) is 0.939. The van der Waals surface area contributed by atoms with Crippen LogP contribution in [0.15, 0.2) is 24.3 Å². The van der Waals surface area contributed by atoms with Gasteiger partial charge in [-0.2, -0.15) is 0 Å². The SMILES string of the molecule is Fc1ccccc1C(=S)Cl.